The van der Waals surface area contributed by atoms with Gasteiger partial charge in [0.1, 0.15) is 0 Å². The van der Waals surface area contributed by atoms with Crippen LogP contribution in [-0.2, 0) is 9.68 Å². The minimum Gasteiger partial charge on any atom is -0.286 e. The predicted molar refractivity (Wildman–Crippen MR) is 48.1 cm³/mol. The molecule has 0 heterocycles. The second kappa shape index (κ2) is 4.30. The summed E-state index contributed by atoms with van der Waals surface area (Å²) in [6.45, 7) is 5.10. The van der Waals surface area contributed by atoms with Gasteiger partial charge in [0.2, 0.25) is 0 Å². The molecule has 3 nitrogen and oxygen atoms in total. The number of carbonyl (C=O) groups is 1. The molecule has 0 fully saturated rings. The zero-order valence-corrected chi connectivity index (χ0v) is 7.32. The molecule has 0 N–H and O–H groups in total. The van der Waals surface area contributed by atoms with Gasteiger partial charge in [-0.25, -0.2) is 9.68 Å². The van der Waals surface area contributed by atoms with Crippen molar-refractivity contribution >= 4 is 5.97 Å². The molecule has 0 unspecified atom stereocenters. The zero-order chi connectivity index (χ0) is 9.68. The first-order chi connectivity index (χ1) is 6.24. The number of hydrogen-bond donors (Lipinski definition) is 0. The Morgan fingerprint density at radius 1 is 1.46 bits per heavy atom. The van der Waals surface area contributed by atoms with Gasteiger partial charge in [-0.05, 0) is 18.6 Å². The van der Waals surface area contributed by atoms with Crippen LogP contribution in [0.15, 0.2) is 36.9 Å². The molecule has 0 amide bonds. The summed E-state index contributed by atoms with van der Waals surface area (Å²) in [6, 6.07) is 7.24. The van der Waals surface area contributed by atoms with Crippen LogP contribution in [0.5, 0.6) is 5.75 Å². The third-order valence-corrected chi connectivity index (χ3v) is 1.47. The third-order valence-electron chi connectivity index (χ3n) is 1.47. The molecule has 0 saturated heterocycles. The number of aryl methyl sites for hydroxylation is 1. The fraction of sp³-hybridized carbons (Fsp3) is 0.100. The maximum atomic E-state index is 10.6. The molecule has 13 heavy (non-hydrogen) atoms. The molecule has 1 rings (SSSR count). The quantitative estimate of drug-likeness (QED) is 0.403. The summed E-state index contributed by atoms with van der Waals surface area (Å²) in [5, 5.41) is 0. The van der Waals surface area contributed by atoms with Gasteiger partial charge in [-0.1, -0.05) is 24.8 Å². The molecule has 1 aromatic carbocycles. The van der Waals surface area contributed by atoms with Crippen LogP contribution >= 0.6 is 0 Å². The van der Waals surface area contributed by atoms with E-state index in [1.807, 2.05) is 19.1 Å². The second-order valence-corrected chi connectivity index (χ2v) is 2.46. The van der Waals surface area contributed by atoms with Crippen molar-refractivity contribution in [1.29, 1.82) is 0 Å². The number of carbonyl (C=O) groups excluding carboxylic acids is 1. The fourth-order valence-corrected chi connectivity index (χ4v) is 0.770. The van der Waals surface area contributed by atoms with Gasteiger partial charge >= 0.3 is 5.97 Å². The van der Waals surface area contributed by atoms with Crippen LogP contribution in [0.1, 0.15) is 5.56 Å². The lowest BCUT2D eigenvalue weighted by atomic mass is 10.2. The maximum absolute atomic E-state index is 10.6. The average Bonchev–Trinajstić information content (AvgIpc) is 2.16. The van der Waals surface area contributed by atoms with Crippen molar-refractivity contribution in [2.24, 2.45) is 0 Å². The first-order valence-corrected chi connectivity index (χ1v) is 3.80. The molecular weight excluding hydrogens is 168 g/mol. The van der Waals surface area contributed by atoms with E-state index in [2.05, 4.69) is 11.5 Å². The Hall–Kier alpha value is -1.77. The van der Waals surface area contributed by atoms with E-state index < -0.39 is 5.97 Å². The molecule has 0 atom stereocenters. The first kappa shape index (κ1) is 9.32. The molecule has 0 radical (unpaired) electrons. The number of rotatable bonds is 3. The Kier molecular flexibility index (Phi) is 3.09. The Balaban J connectivity index is 2.59. The van der Waals surface area contributed by atoms with Crippen LogP contribution in [-0.4, -0.2) is 5.97 Å². The van der Waals surface area contributed by atoms with Crippen LogP contribution < -0.4 is 4.89 Å². The van der Waals surface area contributed by atoms with E-state index >= 15 is 0 Å². The molecule has 3 heteroatoms. The molecule has 0 saturated carbocycles. The number of para-hydroxylation sites is 1. The van der Waals surface area contributed by atoms with E-state index in [1.54, 1.807) is 12.1 Å². The smallest absolute Gasteiger partial charge is 0.286 e. The van der Waals surface area contributed by atoms with Crippen molar-refractivity contribution in [3.8, 4) is 5.75 Å². The van der Waals surface area contributed by atoms with Gasteiger partial charge in [0.25, 0.3) is 0 Å². The normalized spacial score (nSPS) is 9.00. The molecule has 68 valence electrons. The zero-order valence-electron chi connectivity index (χ0n) is 7.32. The Morgan fingerprint density at radius 2 is 2.15 bits per heavy atom. The lowest BCUT2D eigenvalue weighted by Crippen LogP contribution is -2.04. The fourth-order valence-electron chi connectivity index (χ4n) is 0.770. The van der Waals surface area contributed by atoms with Crippen molar-refractivity contribution in [3.63, 3.8) is 0 Å². The van der Waals surface area contributed by atoms with E-state index in [1.165, 1.54) is 0 Å². The first-order valence-electron chi connectivity index (χ1n) is 3.80. The van der Waals surface area contributed by atoms with E-state index in [4.69, 9.17) is 4.89 Å². The molecular formula is C10H10O3. The third kappa shape index (κ3) is 2.63. The van der Waals surface area contributed by atoms with Gasteiger partial charge in [0.05, 0.1) is 0 Å². The van der Waals surface area contributed by atoms with E-state index in [-0.39, 0.29) is 0 Å². The van der Waals surface area contributed by atoms with Crippen molar-refractivity contribution in [2.45, 2.75) is 6.92 Å². The average molecular weight is 178 g/mol. The second-order valence-electron chi connectivity index (χ2n) is 2.46. The topological polar surface area (TPSA) is 35.5 Å². The molecule has 0 aliphatic rings. The Bertz CT molecular complexity index is 318. The maximum Gasteiger partial charge on any atom is 0.378 e. The minimum atomic E-state index is -0.608. The minimum absolute atomic E-state index is 0.526. The number of hydrogen-bond acceptors (Lipinski definition) is 3. The van der Waals surface area contributed by atoms with Gasteiger partial charge in [-0.3, -0.25) is 4.89 Å². The molecule has 0 aromatic heterocycles. The monoisotopic (exact) mass is 178 g/mol. The van der Waals surface area contributed by atoms with Crippen LogP contribution in [0.4, 0.5) is 0 Å². The highest BCUT2D eigenvalue weighted by Gasteiger charge is 2.01. The summed E-state index contributed by atoms with van der Waals surface area (Å²) in [5.41, 5.74) is 0.902. The Labute approximate surface area is 76.5 Å². The summed E-state index contributed by atoms with van der Waals surface area (Å²) in [7, 11) is 0. The molecule has 0 spiro atoms. The lowest BCUT2D eigenvalue weighted by Gasteiger charge is -2.04. The summed E-state index contributed by atoms with van der Waals surface area (Å²) in [4.78, 5) is 19.8. The van der Waals surface area contributed by atoms with Gasteiger partial charge in [-0.15, -0.1) is 0 Å². The summed E-state index contributed by atoms with van der Waals surface area (Å²) in [6.07, 6.45) is 1.04. The summed E-state index contributed by atoms with van der Waals surface area (Å²) in [5.74, 6) is -0.0825. The van der Waals surface area contributed by atoms with Gasteiger partial charge < -0.3 is 0 Å². The Morgan fingerprint density at radius 3 is 2.77 bits per heavy atom. The summed E-state index contributed by atoms with van der Waals surface area (Å²) >= 11 is 0. The van der Waals surface area contributed by atoms with Crippen LogP contribution in [0.2, 0.25) is 0 Å². The predicted octanol–water partition coefficient (Wildman–Crippen LogP) is 2.02. The van der Waals surface area contributed by atoms with Crippen molar-refractivity contribution in [1.82, 2.24) is 0 Å². The standard InChI is InChI=1S/C10H10O3/c1-3-10(11)13-12-9-7-5-4-6-8(9)2/h3-7H,1H2,2H3. The highest BCUT2D eigenvalue weighted by molar-refractivity contribution is 5.80. The molecule has 1 aromatic rings. The molecule has 0 bridgehead atoms. The van der Waals surface area contributed by atoms with Crippen LogP contribution in [0, 0.1) is 6.92 Å². The van der Waals surface area contributed by atoms with Crippen LogP contribution in [0.25, 0.3) is 0 Å². The van der Waals surface area contributed by atoms with Crippen molar-refractivity contribution < 1.29 is 14.6 Å². The van der Waals surface area contributed by atoms with Crippen molar-refractivity contribution in [3.05, 3.63) is 42.5 Å². The largest absolute Gasteiger partial charge is 0.378 e. The number of benzene rings is 1. The van der Waals surface area contributed by atoms with Crippen LogP contribution in [0.3, 0.4) is 0 Å². The van der Waals surface area contributed by atoms with E-state index in [9.17, 15) is 4.79 Å². The molecule has 0 aliphatic heterocycles. The lowest BCUT2D eigenvalue weighted by molar-refractivity contribution is -0.207. The highest BCUT2D eigenvalue weighted by Crippen LogP contribution is 2.16. The van der Waals surface area contributed by atoms with Gasteiger partial charge in [0, 0.05) is 6.08 Å². The summed E-state index contributed by atoms with van der Waals surface area (Å²) < 4.78 is 0. The van der Waals surface area contributed by atoms with Gasteiger partial charge in [0.15, 0.2) is 5.75 Å². The van der Waals surface area contributed by atoms with Crippen molar-refractivity contribution in [2.75, 3.05) is 0 Å². The highest BCUT2D eigenvalue weighted by atomic mass is 17.2. The van der Waals surface area contributed by atoms with Gasteiger partial charge in [-0.2, -0.15) is 0 Å². The molecule has 0 aliphatic carbocycles. The van der Waals surface area contributed by atoms with E-state index in [0.717, 1.165) is 11.6 Å². The SMILES string of the molecule is C=CC(=O)OOc1ccccc1C. The van der Waals surface area contributed by atoms with E-state index in [0.29, 0.717) is 5.75 Å².